The number of benzene rings is 2. The van der Waals surface area contributed by atoms with Crippen molar-refractivity contribution >= 4 is 16.9 Å². The predicted octanol–water partition coefficient (Wildman–Crippen LogP) is 3.98. The van der Waals surface area contributed by atoms with Gasteiger partial charge < -0.3 is 18.7 Å². The molecule has 2 aromatic heterocycles. The number of fused-ring (bicyclic) bond motifs is 1. The fourth-order valence-electron chi connectivity index (χ4n) is 3.07. The summed E-state index contributed by atoms with van der Waals surface area (Å²) in [4.78, 5) is 20.9. The van der Waals surface area contributed by atoms with Crippen LogP contribution >= 0.6 is 0 Å². The molecule has 8 heteroatoms. The lowest BCUT2D eigenvalue weighted by Crippen LogP contribution is -2.07. The normalized spacial score (nSPS) is 10.8. The van der Waals surface area contributed by atoms with Gasteiger partial charge in [-0.2, -0.15) is 4.98 Å². The highest BCUT2D eigenvalue weighted by Gasteiger charge is 2.14. The van der Waals surface area contributed by atoms with Crippen LogP contribution in [0.25, 0.3) is 22.3 Å². The molecule has 0 radical (unpaired) electrons. The van der Waals surface area contributed by atoms with Gasteiger partial charge in [-0.25, -0.2) is 4.98 Å². The van der Waals surface area contributed by atoms with Crippen LogP contribution < -0.4 is 9.47 Å². The monoisotopic (exact) mass is 419 g/mol. The van der Waals surface area contributed by atoms with Crippen LogP contribution in [0.2, 0.25) is 0 Å². The standard InChI is InChI=1S/C23H21N3O5/c1-28-19-10-8-16(13-20(19)29-2)23-25-21(31-26-23)11-12-22(27)30-14-17-9-7-15-5-3-4-6-18(15)24-17/h3-10,13H,11-12,14H2,1-2H3. The Kier molecular flexibility index (Phi) is 6.07. The Bertz CT molecular complexity index is 1200. The molecule has 2 aromatic carbocycles. The van der Waals surface area contributed by atoms with Crippen molar-refractivity contribution in [2.24, 2.45) is 0 Å². The van der Waals surface area contributed by atoms with Crippen LogP contribution in [0.3, 0.4) is 0 Å². The van der Waals surface area contributed by atoms with Crippen LogP contribution in [-0.2, 0) is 22.6 Å². The lowest BCUT2D eigenvalue weighted by Gasteiger charge is -2.07. The summed E-state index contributed by atoms with van der Waals surface area (Å²) in [5, 5.41) is 5.01. The molecule has 0 saturated heterocycles. The molecule has 2 heterocycles. The Morgan fingerprint density at radius 1 is 0.968 bits per heavy atom. The smallest absolute Gasteiger partial charge is 0.306 e. The predicted molar refractivity (Wildman–Crippen MR) is 113 cm³/mol. The molecule has 0 unspecified atom stereocenters. The lowest BCUT2D eigenvalue weighted by atomic mass is 10.2. The van der Waals surface area contributed by atoms with Crippen molar-refractivity contribution in [3.05, 3.63) is 66.2 Å². The molecule has 0 saturated carbocycles. The maximum absolute atomic E-state index is 12.1. The van der Waals surface area contributed by atoms with Gasteiger partial charge in [-0.3, -0.25) is 4.79 Å². The van der Waals surface area contributed by atoms with Gasteiger partial charge in [-0.1, -0.05) is 29.4 Å². The first-order valence-corrected chi connectivity index (χ1v) is 9.71. The molecule has 0 aliphatic rings. The lowest BCUT2D eigenvalue weighted by molar-refractivity contribution is -0.145. The van der Waals surface area contributed by atoms with Gasteiger partial charge in [0.1, 0.15) is 6.61 Å². The molecule has 0 aliphatic heterocycles. The highest BCUT2D eigenvalue weighted by atomic mass is 16.5. The molecule has 0 bridgehead atoms. The van der Waals surface area contributed by atoms with Gasteiger partial charge in [-0.15, -0.1) is 0 Å². The number of rotatable bonds is 8. The number of hydrogen-bond acceptors (Lipinski definition) is 8. The summed E-state index contributed by atoms with van der Waals surface area (Å²) < 4.78 is 21.1. The zero-order valence-electron chi connectivity index (χ0n) is 17.2. The average Bonchev–Trinajstić information content (AvgIpc) is 3.30. The van der Waals surface area contributed by atoms with Crippen LogP contribution in [0.5, 0.6) is 11.5 Å². The molecule has 0 N–H and O–H groups in total. The van der Waals surface area contributed by atoms with E-state index >= 15 is 0 Å². The van der Waals surface area contributed by atoms with Crippen molar-refractivity contribution in [2.45, 2.75) is 19.4 Å². The van der Waals surface area contributed by atoms with E-state index in [1.54, 1.807) is 32.4 Å². The first kappa shape index (κ1) is 20.3. The SMILES string of the molecule is COc1ccc(-c2noc(CCC(=O)OCc3ccc4ccccc4n3)n2)cc1OC. The van der Waals surface area contributed by atoms with Crippen LogP contribution in [0.4, 0.5) is 0 Å². The second-order valence-corrected chi connectivity index (χ2v) is 6.74. The number of methoxy groups -OCH3 is 2. The van der Waals surface area contributed by atoms with Gasteiger partial charge in [-0.05, 0) is 30.3 Å². The average molecular weight is 419 g/mol. The second kappa shape index (κ2) is 9.25. The molecule has 4 aromatic rings. The van der Waals surface area contributed by atoms with Gasteiger partial charge in [0.05, 0.1) is 31.9 Å². The number of nitrogens with zero attached hydrogens (tertiary/aromatic N) is 3. The molecular formula is C23H21N3O5. The third-order valence-corrected chi connectivity index (χ3v) is 4.69. The van der Waals surface area contributed by atoms with Gasteiger partial charge in [0.15, 0.2) is 11.5 Å². The molecule has 0 atom stereocenters. The third-order valence-electron chi connectivity index (χ3n) is 4.69. The van der Waals surface area contributed by atoms with E-state index in [0.29, 0.717) is 28.9 Å². The van der Waals surface area contributed by atoms with Gasteiger partial charge in [0.2, 0.25) is 11.7 Å². The first-order chi connectivity index (χ1) is 15.2. The number of hydrogen-bond donors (Lipinski definition) is 0. The number of carbonyl (C=O) groups is 1. The molecule has 158 valence electrons. The molecule has 31 heavy (non-hydrogen) atoms. The topological polar surface area (TPSA) is 96.6 Å². The molecule has 0 aliphatic carbocycles. The number of aryl methyl sites for hydroxylation is 1. The summed E-state index contributed by atoms with van der Waals surface area (Å²) in [5.41, 5.74) is 2.28. The van der Waals surface area contributed by atoms with E-state index in [2.05, 4.69) is 15.1 Å². The van der Waals surface area contributed by atoms with Crippen molar-refractivity contribution < 1.29 is 23.5 Å². The summed E-state index contributed by atoms with van der Waals surface area (Å²) in [6.45, 7) is 0.115. The minimum Gasteiger partial charge on any atom is -0.493 e. The molecule has 0 amide bonds. The van der Waals surface area contributed by atoms with E-state index in [4.69, 9.17) is 18.7 Å². The summed E-state index contributed by atoms with van der Waals surface area (Å²) in [7, 11) is 3.13. The number of para-hydroxylation sites is 1. The van der Waals surface area contributed by atoms with Crippen LogP contribution in [0.15, 0.2) is 59.1 Å². The van der Waals surface area contributed by atoms with Crippen molar-refractivity contribution in [2.75, 3.05) is 14.2 Å². The number of aromatic nitrogens is 3. The first-order valence-electron chi connectivity index (χ1n) is 9.71. The molecule has 0 fully saturated rings. The number of ether oxygens (including phenoxy) is 3. The fourth-order valence-corrected chi connectivity index (χ4v) is 3.07. The maximum atomic E-state index is 12.1. The highest BCUT2D eigenvalue weighted by molar-refractivity contribution is 5.78. The summed E-state index contributed by atoms with van der Waals surface area (Å²) in [6.07, 6.45) is 0.408. The Morgan fingerprint density at radius 3 is 2.65 bits per heavy atom. The number of pyridine rings is 1. The van der Waals surface area contributed by atoms with E-state index < -0.39 is 0 Å². The Hall–Kier alpha value is -3.94. The Labute approximate surface area is 178 Å². The highest BCUT2D eigenvalue weighted by Crippen LogP contribution is 2.31. The molecule has 8 nitrogen and oxygen atoms in total. The fraction of sp³-hybridized carbons (Fsp3) is 0.217. The zero-order chi connectivity index (χ0) is 21.6. The summed E-state index contributed by atoms with van der Waals surface area (Å²) >= 11 is 0. The minimum absolute atomic E-state index is 0.115. The van der Waals surface area contributed by atoms with E-state index in [1.165, 1.54) is 0 Å². The summed E-state index contributed by atoms with van der Waals surface area (Å²) in [6, 6.07) is 16.9. The number of carbonyl (C=O) groups excluding carboxylic acids is 1. The van der Waals surface area contributed by atoms with Crippen molar-refractivity contribution in [3.8, 4) is 22.9 Å². The maximum Gasteiger partial charge on any atom is 0.306 e. The van der Waals surface area contributed by atoms with E-state index in [9.17, 15) is 4.79 Å². The van der Waals surface area contributed by atoms with Crippen LogP contribution in [0, 0.1) is 0 Å². The second-order valence-electron chi connectivity index (χ2n) is 6.74. The third kappa shape index (κ3) is 4.80. The number of esters is 1. The van der Waals surface area contributed by atoms with Crippen molar-refractivity contribution in [1.82, 2.24) is 15.1 Å². The molecule has 4 rings (SSSR count). The Morgan fingerprint density at radius 2 is 1.81 bits per heavy atom. The molecule has 0 spiro atoms. The van der Waals surface area contributed by atoms with Gasteiger partial charge in [0, 0.05) is 17.4 Å². The van der Waals surface area contributed by atoms with Gasteiger partial charge >= 0.3 is 5.97 Å². The van der Waals surface area contributed by atoms with Crippen LogP contribution in [0.1, 0.15) is 18.0 Å². The van der Waals surface area contributed by atoms with Gasteiger partial charge in [0.25, 0.3) is 0 Å². The minimum atomic E-state index is -0.360. The van der Waals surface area contributed by atoms with Crippen molar-refractivity contribution in [1.29, 1.82) is 0 Å². The molecular weight excluding hydrogens is 398 g/mol. The van der Waals surface area contributed by atoms with E-state index in [0.717, 1.165) is 16.5 Å². The Balaban J connectivity index is 1.32. The quantitative estimate of drug-likeness (QED) is 0.396. The summed E-state index contributed by atoms with van der Waals surface area (Å²) in [5.74, 6) is 1.58. The zero-order valence-corrected chi connectivity index (χ0v) is 17.2. The van der Waals surface area contributed by atoms with E-state index in [1.807, 2.05) is 36.4 Å². The largest absolute Gasteiger partial charge is 0.493 e. The van der Waals surface area contributed by atoms with E-state index in [-0.39, 0.29) is 25.4 Å². The van der Waals surface area contributed by atoms with Crippen LogP contribution in [-0.4, -0.2) is 35.3 Å². The van der Waals surface area contributed by atoms with Crippen molar-refractivity contribution in [3.63, 3.8) is 0 Å².